The van der Waals surface area contributed by atoms with Gasteiger partial charge in [-0.3, -0.25) is 9.80 Å². The summed E-state index contributed by atoms with van der Waals surface area (Å²) >= 11 is 0. The summed E-state index contributed by atoms with van der Waals surface area (Å²) in [5.74, 6) is 0.151. The largest absolute Gasteiger partial charge is 0.392 e. The molecule has 0 bridgehead atoms. The van der Waals surface area contributed by atoms with E-state index in [1.165, 1.54) is 68.4 Å². The minimum atomic E-state index is -0.365. The quantitative estimate of drug-likeness (QED) is 0.702. The first kappa shape index (κ1) is 22.8. The van der Waals surface area contributed by atoms with Crippen LogP contribution in [-0.4, -0.2) is 77.3 Å². The summed E-state index contributed by atoms with van der Waals surface area (Å²) < 4.78 is 0. The van der Waals surface area contributed by atoms with E-state index in [1.807, 2.05) is 0 Å². The van der Waals surface area contributed by atoms with Crippen molar-refractivity contribution in [1.82, 2.24) is 14.7 Å². The molecule has 5 aliphatic rings. The summed E-state index contributed by atoms with van der Waals surface area (Å²) in [6.45, 7) is 5.73. The summed E-state index contributed by atoms with van der Waals surface area (Å²) in [6, 6.07) is 9.89. The average Bonchev–Trinajstić information content (AvgIpc) is 3.21. The molecule has 5 heteroatoms. The molecular formula is C29H42N4O. The second-order valence-electron chi connectivity index (χ2n) is 12.0. The van der Waals surface area contributed by atoms with Crippen LogP contribution in [0, 0.1) is 5.41 Å². The zero-order chi connectivity index (χ0) is 23.3. The standard InChI is InChI=1S/C29H42N4O/c1-31-13-3-6-26(31)23-5-2-14-33(18-23)27-15-24(28(34)16-25(27)30)22-9-7-21(8-10-22)17-32-19-29(20-32)11-4-12-29/h2,5,7-10,18,24-28,34H,3-4,6,11-17,19-20,30H2,1H3/t24?,25?,26?,27-,28-/m1/s1. The van der Waals surface area contributed by atoms with Gasteiger partial charge in [0.15, 0.2) is 0 Å². The number of likely N-dealkylation sites (N-methyl/N-ethyl adjacent to an activating group) is 1. The molecule has 0 aromatic heterocycles. The first-order valence-corrected chi connectivity index (χ1v) is 13.6. The van der Waals surface area contributed by atoms with E-state index in [0.29, 0.717) is 17.9 Å². The second kappa shape index (κ2) is 9.09. The molecule has 184 valence electrons. The highest BCUT2D eigenvalue weighted by atomic mass is 16.3. The third kappa shape index (κ3) is 4.26. The molecule has 1 aromatic rings. The van der Waals surface area contributed by atoms with E-state index >= 15 is 0 Å². The number of nitrogens with two attached hydrogens (primary N) is 1. The zero-order valence-corrected chi connectivity index (χ0v) is 20.8. The van der Waals surface area contributed by atoms with Crippen LogP contribution in [0.3, 0.4) is 0 Å². The Morgan fingerprint density at radius 3 is 2.56 bits per heavy atom. The van der Waals surface area contributed by atoms with E-state index < -0.39 is 0 Å². The molecule has 0 amide bonds. The molecule has 2 saturated heterocycles. The SMILES string of the molecule is CN1CCCC1C1=CN([C@@H]2CC(c3ccc(CN4CC5(CCC5)C4)cc3)[C@H](O)CC2N)CC=C1. The van der Waals surface area contributed by atoms with Crippen molar-refractivity contribution in [2.24, 2.45) is 11.1 Å². The number of aliphatic hydroxyl groups excluding tert-OH is 1. The van der Waals surface area contributed by atoms with Gasteiger partial charge < -0.3 is 15.7 Å². The summed E-state index contributed by atoms with van der Waals surface area (Å²) in [5, 5.41) is 11.0. The van der Waals surface area contributed by atoms with E-state index in [2.05, 4.69) is 64.4 Å². The molecule has 4 fully saturated rings. The van der Waals surface area contributed by atoms with Gasteiger partial charge in [-0.05, 0) is 74.2 Å². The molecule has 3 N–H and O–H groups in total. The number of hydrogen-bond acceptors (Lipinski definition) is 5. The van der Waals surface area contributed by atoms with Gasteiger partial charge in [-0.15, -0.1) is 0 Å². The topological polar surface area (TPSA) is 56.0 Å². The van der Waals surface area contributed by atoms with Gasteiger partial charge in [0.2, 0.25) is 0 Å². The smallest absolute Gasteiger partial charge is 0.0625 e. The van der Waals surface area contributed by atoms with E-state index in [9.17, 15) is 5.11 Å². The lowest BCUT2D eigenvalue weighted by atomic mass is 9.63. The van der Waals surface area contributed by atoms with Gasteiger partial charge >= 0.3 is 0 Å². The summed E-state index contributed by atoms with van der Waals surface area (Å²) in [4.78, 5) is 7.52. The van der Waals surface area contributed by atoms with Crippen LogP contribution in [0.5, 0.6) is 0 Å². The Bertz CT molecular complexity index is 928. The molecule has 5 nitrogen and oxygen atoms in total. The minimum absolute atomic E-state index is 0.000994. The van der Waals surface area contributed by atoms with Gasteiger partial charge in [-0.1, -0.05) is 42.8 Å². The Morgan fingerprint density at radius 1 is 1.09 bits per heavy atom. The van der Waals surface area contributed by atoms with Gasteiger partial charge in [0.1, 0.15) is 0 Å². The highest BCUT2D eigenvalue weighted by molar-refractivity contribution is 5.31. The predicted molar refractivity (Wildman–Crippen MR) is 137 cm³/mol. The monoisotopic (exact) mass is 462 g/mol. The van der Waals surface area contributed by atoms with Crippen molar-refractivity contribution in [3.8, 4) is 0 Å². The molecule has 5 atom stereocenters. The molecule has 1 aromatic carbocycles. The summed E-state index contributed by atoms with van der Waals surface area (Å²) in [6.07, 6.45) is 15.0. The van der Waals surface area contributed by atoms with E-state index in [-0.39, 0.29) is 24.1 Å². The minimum Gasteiger partial charge on any atom is -0.392 e. The highest BCUT2D eigenvalue weighted by Crippen LogP contribution is 2.48. The van der Waals surface area contributed by atoms with E-state index in [4.69, 9.17) is 5.73 Å². The van der Waals surface area contributed by atoms with Gasteiger partial charge in [0, 0.05) is 56.4 Å². The zero-order valence-electron chi connectivity index (χ0n) is 20.8. The molecule has 6 rings (SSSR count). The Kier molecular flexibility index (Phi) is 6.09. The maximum Gasteiger partial charge on any atom is 0.0625 e. The van der Waals surface area contributed by atoms with Gasteiger partial charge in [-0.25, -0.2) is 0 Å². The number of benzene rings is 1. The molecule has 2 aliphatic carbocycles. The average molecular weight is 463 g/mol. The summed E-state index contributed by atoms with van der Waals surface area (Å²) in [5.41, 5.74) is 11.4. The molecule has 1 spiro atoms. The van der Waals surface area contributed by atoms with Crippen molar-refractivity contribution < 1.29 is 5.11 Å². The third-order valence-corrected chi connectivity index (χ3v) is 9.59. The Hall–Kier alpha value is -1.66. The van der Waals surface area contributed by atoms with Crippen LogP contribution < -0.4 is 5.73 Å². The van der Waals surface area contributed by atoms with Crippen molar-refractivity contribution in [2.75, 3.05) is 33.2 Å². The lowest BCUT2D eigenvalue weighted by Gasteiger charge is -2.56. The predicted octanol–water partition coefficient (Wildman–Crippen LogP) is 3.46. The molecule has 3 heterocycles. The highest BCUT2D eigenvalue weighted by Gasteiger charge is 2.46. The van der Waals surface area contributed by atoms with Gasteiger partial charge in [-0.2, -0.15) is 0 Å². The van der Waals surface area contributed by atoms with Crippen molar-refractivity contribution in [1.29, 1.82) is 0 Å². The van der Waals surface area contributed by atoms with E-state index in [1.54, 1.807) is 0 Å². The van der Waals surface area contributed by atoms with Crippen molar-refractivity contribution in [3.63, 3.8) is 0 Å². The van der Waals surface area contributed by atoms with Crippen LogP contribution in [0.25, 0.3) is 0 Å². The molecule has 3 aliphatic heterocycles. The maximum absolute atomic E-state index is 11.0. The number of nitrogens with zero attached hydrogens (tertiary/aromatic N) is 3. The van der Waals surface area contributed by atoms with Crippen LogP contribution in [0.15, 0.2) is 48.2 Å². The Labute approximate surface area is 205 Å². The van der Waals surface area contributed by atoms with Gasteiger partial charge in [0.25, 0.3) is 0 Å². The molecule has 34 heavy (non-hydrogen) atoms. The second-order valence-corrected chi connectivity index (χ2v) is 12.0. The fraction of sp³-hybridized carbons (Fsp3) is 0.655. The Balaban J connectivity index is 1.12. The molecular weight excluding hydrogens is 420 g/mol. The van der Waals surface area contributed by atoms with Crippen LogP contribution in [0.1, 0.15) is 62.0 Å². The normalized spacial score (nSPS) is 35.8. The van der Waals surface area contributed by atoms with E-state index in [0.717, 1.165) is 19.5 Å². The first-order valence-electron chi connectivity index (χ1n) is 13.6. The fourth-order valence-corrected chi connectivity index (χ4v) is 7.42. The van der Waals surface area contributed by atoms with Crippen molar-refractivity contribution in [3.05, 3.63) is 59.3 Å². The van der Waals surface area contributed by atoms with Crippen LogP contribution in [0.2, 0.25) is 0 Å². The maximum atomic E-state index is 11.0. The van der Waals surface area contributed by atoms with Gasteiger partial charge in [0.05, 0.1) is 6.10 Å². The molecule has 2 saturated carbocycles. The lowest BCUT2D eigenvalue weighted by molar-refractivity contribution is -0.0645. The number of rotatable bonds is 5. The molecule has 0 radical (unpaired) electrons. The number of likely N-dealkylation sites (tertiary alicyclic amines) is 2. The fourth-order valence-electron chi connectivity index (χ4n) is 7.42. The lowest BCUT2D eigenvalue weighted by Crippen LogP contribution is -2.58. The molecule has 3 unspecified atom stereocenters. The Morgan fingerprint density at radius 2 is 1.88 bits per heavy atom. The van der Waals surface area contributed by atoms with Crippen molar-refractivity contribution >= 4 is 0 Å². The number of hydrogen-bond donors (Lipinski definition) is 2. The number of aliphatic hydroxyl groups is 1. The van der Waals surface area contributed by atoms with Crippen LogP contribution in [0.4, 0.5) is 0 Å². The third-order valence-electron chi connectivity index (χ3n) is 9.59. The summed E-state index contributed by atoms with van der Waals surface area (Å²) in [7, 11) is 2.24. The van der Waals surface area contributed by atoms with Crippen molar-refractivity contribution in [2.45, 2.75) is 81.6 Å². The van der Waals surface area contributed by atoms with Crippen LogP contribution >= 0.6 is 0 Å². The van der Waals surface area contributed by atoms with Crippen LogP contribution in [-0.2, 0) is 6.54 Å². The first-order chi connectivity index (χ1) is 16.5.